The summed E-state index contributed by atoms with van der Waals surface area (Å²) in [6.45, 7) is 6.93. The molecule has 0 radical (unpaired) electrons. The van der Waals surface area contributed by atoms with E-state index in [1.807, 2.05) is 0 Å². The molecule has 1 nitrogen and oxygen atoms in total. The Hall–Kier alpha value is -0.0400. The van der Waals surface area contributed by atoms with Crippen molar-refractivity contribution in [1.29, 1.82) is 0 Å². The SMILES string of the molecule is CCC(C)NC1(C)CCCCC1. The normalized spacial score (nSPS) is 25.2. The maximum absolute atomic E-state index is 3.74. The highest BCUT2D eigenvalue weighted by Crippen LogP contribution is 2.28. The van der Waals surface area contributed by atoms with Gasteiger partial charge < -0.3 is 5.32 Å². The van der Waals surface area contributed by atoms with Crippen molar-refractivity contribution < 1.29 is 0 Å². The van der Waals surface area contributed by atoms with Crippen molar-refractivity contribution in [2.45, 2.75) is 70.9 Å². The fraction of sp³-hybridized carbons (Fsp3) is 1.00. The highest BCUT2D eigenvalue weighted by Gasteiger charge is 2.26. The molecule has 0 aromatic rings. The third kappa shape index (κ3) is 2.78. The molecular formula is C11H23N. The van der Waals surface area contributed by atoms with Gasteiger partial charge in [-0.15, -0.1) is 0 Å². The molecule has 0 aromatic heterocycles. The molecule has 0 saturated heterocycles. The van der Waals surface area contributed by atoms with E-state index in [0.717, 1.165) is 0 Å². The number of hydrogen-bond donors (Lipinski definition) is 1. The fourth-order valence-electron chi connectivity index (χ4n) is 2.17. The molecule has 0 spiro atoms. The van der Waals surface area contributed by atoms with Crippen molar-refractivity contribution in [3.63, 3.8) is 0 Å². The van der Waals surface area contributed by atoms with Crippen LogP contribution in [0, 0.1) is 0 Å². The van der Waals surface area contributed by atoms with Crippen molar-refractivity contribution in [2.75, 3.05) is 0 Å². The molecule has 0 bridgehead atoms. The van der Waals surface area contributed by atoms with Crippen LogP contribution >= 0.6 is 0 Å². The lowest BCUT2D eigenvalue weighted by atomic mass is 9.83. The molecule has 1 rings (SSSR count). The van der Waals surface area contributed by atoms with Crippen molar-refractivity contribution in [1.82, 2.24) is 5.32 Å². The van der Waals surface area contributed by atoms with Crippen LogP contribution in [0.5, 0.6) is 0 Å². The topological polar surface area (TPSA) is 12.0 Å². The van der Waals surface area contributed by atoms with E-state index in [2.05, 4.69) is 26.1 Å². The van der Waals surface area contributed by atoms with Gasteiger partial charge in [0.25, 0.3) is 0 Å². The first kappa shape index (κ1) is 10.0. The van der Waals surface area contributed by atoms with E-state index in [9.17, 15) is 0 Å². The van der Waals surface area contributed by atoms with Crippen LogP contribution in [0.15, 0.2) is 0 Å². The van der Waals surface area contributed by atoms with Gasteiger partial charge >= 0.3 is 0 Å². The first-order valence-electron chi connectivity index (χ1n) is 5.44. The molecule has 1 heteroatoms. The summed E-state index contributed by atoms with van der Waals surface area (Å²) in [7, 11) is 0. The van der Waals surface area contributed by atoms with Crippen molar-refractivity contribution in [3.05, 3.63) is 0 Å². The molecule has 0 heterocycles. The Balaban J connectivity index is 2.35. The summed E-state index contributed by atoms with van der Waals surface area (Å²) in [6.07, 6.45) is 8.27. The lowest BCUT2D eigenvalue weighted by molar-refractivity contribution is 0.230. The summed E-state index contributed by atoms with van der Waals surface area (Å²) < 4.78 is 0. The molecule has 1 atom stereocenters. The third-order valence-electron chi connectivity index (χ3n) is 3.16. The summed E-state index contributed by atoms with van der Waals surface area (Å²) in [5.74, 6) is 0. The van der Waals surface area contributed by atoms with Gasteiger partial charge in [-0.1, -0.05) is 26.2 Å². The largest absolute Gasteiger partial charge is 0.309 e. The van der Waals surface area contributed by atoms with E-state index in [0.29, 0.717) is 11.6 Å². The van der Waals surface area contributed by atoms with Crippen LogP contribution in [0.25, 0.3) is 0 Å². The summed E-state index contributed by atoms with van der Waals surface area (Å²) in [5.41, 5.74) is 0.452. The maximum Gasteiger partial charge on any atom is 0.0155 e. The Bertz CT molecular complexity index is 125. The van der Waals surface area contributed by atoms with Gasteiger partial charge in [0.05, 0.1) is 0 Å². The van der Waals surface area contributed by atoms with Crippen LogP contribution < -0.4 is 5.32 Å². The van der Waals surface area contributed by atoms with E-state index in [-0.39, 0.29) is 0 Å². The predicted octanol–water partition coefficient (Wildman–Crippen LogP) is 3.10. The molecule has 12 heavy (non-hydrogen) atoms. The van der Waals surface area contributed by atoms with E-state index in [1.165, 1.54) is 38.5 Å². The first-order chi connectivity index (χ1) is 5.66. The molecular weight excluding hydrogens is 146 g/mol. The average molecular weight is 169 g/mol. The van der Waals surface area contributed by atoms with E-state index in [1.54, 1.807) is 0 Å². The van der Waals surface area contributed by atoms with Gasteiger partial charge in [-0.05, 0) is 33.1 Å². The summed E-state index contributed by atoms with van der Waals surface area (Å²) in [5, 5.41) is 3.74. The summed E-state index contributed by atoms with van der Waals surface area (Å²) >= 11 is 0. The van der Waals surface area contributed by atoms with E-state index < -0.39 is 0 Å². The third-order valence-corrected chi connectivity index (χ3v) is 3.16. The highest BCUT2D eigenvalue weighted by molar-refractivity contribution is 4.87. The summed E-state index contributed by atoms with van der Waals surface area (Å²) in [6, 6.07) is 0.688. The Labute approximate surface area is 76.9 Å². The highest BCUT2D eigenvalue weighted by atomic mass is 15.0. The smallest absolute Gasteiger partial charge is 0.0155 e. The zero-order valence-electron chi connectivity index (χ0n) is 8.82. The average Bonchev–Trinajstić information content (AvgIpc) is 2.05. The van der Waals surface area contributed by atoms with Gasteiger partial charge in [0.1, 0.15) is 0 Å². The van der Waals surface area contributed by atoms with Crippen LogP contribution in [0.3, 0.4) is 0 Å². The minimum Gasteiger partial charge on any atom is -0.309 e. The molecule has 0 amide bonds. The minimum absolute atomic E-state index is 0.452. The quantitative estimate of drug-likeness (QED) is 0.684. The minimum atomic E-state index is 0.452. The molecule has 1 aliphatic carbocycles. The number of rotatable bonds is 3. The molecule has 1 saturated carbocycles. The maximum atomic E-state index is 3.74. The van der Waals surface area contributed by atoms with Crippen LogP contribution in [-0.4, -0.2) is 11.6 Å². The first-order valence-corrected chi connectivity index (χ1v) is 5.44. The second-order valence-corrected chi connectivity index (χ2v) is 4.57. The standard InChI is InChI=1S/C11H23N/c1-4-10(2)12-11(3)8-6-5-7-9-11/h10,12H,4-9H2,1-3H3. The van der Waals surface area contributed by atoms with E-state index >= 15 is 0 Å². The van der Waals surface area contributed by atoms with Gasteiger partial charge in [0.15, 0.2) is 0 Å². The monoisotopic (exact) mass is 169 g/mol. The number of hydrogen-bond acceptors (Lipinski definition) is 1. The van der Waals surface area contributed by atoms with Gasteiger partial charge in [-0.2, -0.15) is 0 Å². The van der Waals surface area contributed by atoms with Gasteiger partial charge in [-0.3, -0.25) is 0 Å². The predicted molar refractivity (Wildman–Crippen MR) is 54.4 cm³/mol. The molecule has 1 fully saturated rings. The zero-order chi connectivity index (χ0) is 9.03. The molecule has 72 valence electrons. The summed E-state index contributed by atoms with van der Waals surface area (Å²) in [4.78, 5) is 0. The molecule has 1 aliphatic rings. The fourth-order valence-corrected chi connectivity index (χ4v) is 2.17. The zero-order valence-corrected chi connectivity index (χ0v) is 8.82. The second kappa shape index (κ2) is 4.27. The van der Waals surface area contributed by atoms with Gasteiger partial charge in [0.2, 0.25) is 0 Å². The molecule has 0 aromatic carbocycles. The van der Waals surface area contributed by atoms with Crippen LogP contribution in [-0.2, 0) is 0 Å². The lowest BCUT2D eigenvalue weighted by Gasteiger charge is -2.37. The molecule has 1 unspecified atom stereocenters. The van der Waals surface area contributed by atoms with Crippen molar-refractivity contribution >= 4 is 0 Å². The lowest BCUT2D eigenvalue weighted by Crippen LogP contribution is -2.48. The van der Waals surface area contributed by atoms with Gasteiger partial charge in [0, 0.05) is 11.6 Å². The molecule has 1 N–H and O–H groups in total. The second-order valence-electron chi connectivity index (χ2n) is 4.57. The Morgan fingerprint density at radius 1 is 1.25 bits per heavy atom. The van der Waals surface area contributed by atoms with Crippen molar-refractivity contribution in [3.8, 4) is 0 Å². The van der Waals surface area contributed by atoms with Gasteiger partial charge in [-0.25, -0.2) is 0 Å². The Kier molecular flexibility index (Phi) is 3.57. The Morgan fingerprint density at radius 2 is 1.83 bits per heavy atom. The van der Waals surface area contributed by atoms with E-state index in [4.69, 9.17) is 0 Å². The van der Waals surface area contributed by atoms with Crippen LogP contribution in [0.1, 0.15) is 59.3 Å². The Morgan fingerprint density at radius 3 is 2.33 bits per heavy atom. The van der Waals surface area contributed by atoms with Crippen LogP contribution in [0.2, 0.25) is 0 Å². The molecule has 0 aliphatic heterocycles. The number of nitrogens with one attached hydrogen (secondary N) is 1. The van der Waals surface area contributed by atoms with Crippen molar-refractivity contribution in [2.24, 2.45) is 0 Å². The van der Waals surface area contributed by atoms with Crippen LogP contribution in [0.4, 0.5) is 0 Å².